The van der Waals surface area contributed by atoms with Gasteiger partial charge in [0.15, 0.2) is 0 Å². The fourth-order valence-electron chi connectivity index (χ4n) is 2.83. The molecule has 0 radical (unpaired) electrons. The van der Waals surface area contributed by atoms with Crippen LogP contribution >= 0.6 is 0 Å². The van der Waals surface area contributed by atoms with E-state index in [4.69, 9.17) is 13.9 Å². The molecule has 0 atom stereocenters. The molecule has 0 saturated carbocycles. The Labute approximate surface area is 152 Å². The van der Waals surface area contributed by atoms with Crippen molar-refractivity contribution in [3.8, 4) is 5.88 Å². The number of hydrogen-bond acceptors (Lipinski definition) is 7. The summed E-state index contributed by atoms with van der Waals surface area (Å²) in [6.07, 6.45) is 0. The first-order chi connectivity index (χ1) is 12.5. The summed E-state index contributed by atoms with van der Waals surface area (Å²) in [5.74, 6) is 3.15. The molecule has 1 amide bonds. The highest BCUT2D eigenvalue weighted by Crippen LogP contribution is 2.18. The molecule has 1 aliphatic rings. The molecule has 2 aromatic rings. The van der Waals surface area contributed by atoms with Gasteiger partial charge in [0.2, 0.25) is 5.88 Å². The van der Waals surface area contributed by atoms with Gasteiger partial charge in [0, 0.05) is 19.2 Å². The zero-order valence-electron chi connectivity index (χ0n) is 15.4. The van der Waals surface area contributed by atoms with Gasteiger partial charge in [0.05, 0.1) is 25.3 Å². The van der Waals surface area contributed by atoms with Crippen molar-refractivity contribution in [2.24, 2.45) is 0 Å². The van der Waals surface area contributed by atoms with E-state index in [-0.39, 0.29) is 5.91 Å². The first-order valence-electron chi connectivity index (χ1n) is 8.69. The highest BCUT2D eigenvalue weighted by Gasteiger charge is 2.15. The minimum Gasteiger partial charge on any atom is -0.476 e. The zero-order valence-corrected chi connectivity index (χ0v) is 15.4. The van der Waals surface area contributed by atoms with Crippen LogP contribution in [0.25, 0.3) is 0 Å². The molecule has 8 nitrogen and oxygen atoms in total. The minimum atomic E-state index is -0.171. The van der Waals surface area contributed by atoms with Crippen molar-refractivity contribution in [2.75, 3.05) is 44.4 Å². The Balaban J connectivity index is 1.52. The average molecular weight is 360 g/mol. The van der Waals surface area contributed by atoms with Gasteiger partial charge < -0.3 is 24.1 Å². The number of aryl methyl sites for hydroxylation is 3. The third-order valence-corrected chi connectivity index (χ3v) is 4.06. The molecule has 0 unspecified atom stereocenters. The van der Waals surface area contributed by atoms with E-state index in [1.165, 1.54) is 0 Å². The largest absolute Gasteiger partial charge is 0.476 e. The van der Waals surface area contributed by atoms with E-state index >= 15 is 0 Å². The predicted octanol–water partition coefficient (Wildman–Crippen LogP) is 1.64. The Kier molecular flexibility index (Phi) is 5.72. The number of aromatic nitrogens is 2. The quantitative estimate of drug-likeness (QED) is 0.783. The van der Waals surface area contributed by atoms with E-state index in [1.54, 1.807) is 13.0 Å². The number of amides is 1. The maximum Gasteiger partial charge on any atom is 0.254 e. The number of nitrogens with zero attached hydrogens (tertiary/aromatic N) is 3. The van der Waals surface area contributed by atoms with E-state index in [0.29, 0.717) is 49.4 Å². The second-order valence-corrected chi connectivity index (χ2v) is 6.14. The molecular formula is C18H24N4O4. The fourth-order valence-corrected chi connectivity index (χ4v) is 2.83. The van der Waals surface area contributed by atoms with Gasteiger partial charge in [-0.2, -0.15) is 4.98 Å². The molecule has 0 aromatic carbocycles. The maximum atomic E-state index is 12.1. The van der Waals surface area contributed by atoms with Crippen LogP contribution in [0.5, 0.6) is 5.88 Å². The van der Waals surface area contributed by atoms with Crippen molar-refractivity contribution in [3.05, 3.63) is 35.0 Å². The van der Waals surface area contributed by atoms with Gasteiger partial charge in [0.25, 0.3) is 5.91 Å². The van der Waals surface area contributed by atoms with Gasteiger partial charge in [-0.05, 0) is 26.8 Å². The van der Waals surface area contributed by atoms with Crippen LogP contribution in [0.4, 0.5) is 5.82 Å². The van der Waals surface area contributed by atoms with Gasteiger partial charge in [-0.25, -0.2) is 4.98 Å². The zero-order chi connectivity index (χ0) is 18.5. The number of carbonyl (C=O) groups excluding carboxylic acids is 1. The summed E-state index contributed by atoms with van der Waals surface area (Å²) in [7, 11) is 0. The van der Waals surface area contributed by atoms with Crippen molar-refractivity contribution < 1.29 is 18.7 Å². The summed E-state index contributed by atoms with van der Waals surface area (Å²) in [6.45, 7) is 9.11. The van der Waals surface area contributed by atoms with E-state index in [0.717, 1.165) is 24.7 Å². The summed E-state index contributed by atoms with van der Waals surface area (Å²) in [4.78, 5) is 23.1. The monoisotopic (exact) mass is 360 g/mol. The van der Waals surface area contributed by atoms with Crippen LogP contribution in [0.2, 0.25) is 0 Å². The summed E-state index contributed by atoms with van der Waals surface area (Å²) in [5.41, 5.74) is 0.551. The third kappa shape index (κ3) is 4.51. The number of morpholine rings is 1. The highest BCUT2D eigenvalue weighted by molar-refractivity contribution is 5.95. The number of rotatable bonds is 6. The van der Waals surface area contributed by atoms with Crippen LogP contribution in [0.3, 0.4) is 0 Å². The molecule has 2 aromatic heterocycles. The normalized spacial score (nSPS) is 14.3. The predicted molar refractivity (Wildman–Crippen MR) is 95.8 cm³/mol. The van der Waals surface area contributed by atoms with Gasteiger partial charge in [0.1, 0.15) is 29.8 Å². The summed E-state index contributed by atoms with van der Waals surface area (Å²) in [6, 6.07) is 3.55. The number of nitrogens with one attached hydrogen (secondary N) is 1. The minimum absolute atomic E-state index is 0.171. The number of furan rings is 1. The average Bonchev–Trinajstić information content (AvgIpc) is 2.97. The molecule has 0 spiro atoms. The van der Waals surface area contributed by atoms with Crippen molar-refractivity contribution in [2.45, 2.75) is 20.8 Å². The van der Waals surface area contributed by atoms with Crippen molar-refractivity contribution in [1.82, 2.24) is 15.3 Å². The molecule has 8 heteroatoms. The first-order valence-corrected chi connectivity index (χ1v) is 8.69. The fraction of sp³-hybridized carbons (Fsp3) is 0.500. The Morgan fingerprint density at radius 2 is 2.00 bits per heavy atom. The Hall–Kier alpha value is -2.61. The summed E-state index contributed by atoms with van der Waals surface area (Å²) in [5, 5.41) is 2.82. The van der Waals surface area contributed by atoms with Crippen LogP contribution in [0, 0.1) is 20.8 Å². The smallest absolute Gasteiger partial charge is 0.254 e. The third-order valence-electron chi connectivity index (χ3n) is 4.06. The molecule has 1 N–H and O–H groups in total. The van der Waals surface area contributed by atoms with Crippen molar-refractivity contribution in [3.63, 3.8) is 0 Å². The molecule has 1 saturated heterocycles. The molecule has 26 heavy (non-hydrogen) atoms. The van der Waals surface area contributed by atoms with Crippen LogP contribution in [0.1, 0.15) is 27.7 Å². The molecule has 0 bridgehead atoms. The molecule has 3 rings (SSSR count). The topological polar surface area (TPSA) is 89.7 Å². The molecule has 1 fully saturated rings. The second-order valence-electron chi connectivity index (χ2n) is 6.14. The van der Waals surface area contributed by atoms with Gasteiger partial charge >= 0.3 is 0 Å². The molecule has 3 heterocycles. The van der Waals surface area contributed by atoms with E-state index in [2.05, 4.69) is 20.2 Å². The number of ether oxygens (including phenoxy) is 2. The Bertz CT molecular complexity index is 769. The van der Waals surface area contributed by atoms with Crippen LogP contribution < -0.4 is 15.0 Å². The lowest BCUT2D eigenvalue weighted by molar-refractivity contribution is 0.0945. The lowest BCUT2D eigenvalue weighted by atomic mass is 10.2. The van der Waals surface area contributed by atoms with Gasteiger partial charge in [-0.1, -0.05) is 0 Å². The summed E-state index contributed by atoms with van der Waals surface area (Å²) >= 11 is 0. The van der Waals surface area contributed by atoms with E-state index in [1.807, 2.05) is 19.9 Å². The van der Waals surface area contributed by atoms with E-state index in [9.17, 15) is 4.79 Å². The van der Waals surface area contributed by atoms with Crippen LogP contribution in [-0.4, -0.2) is 55.3 Å². The van der Waals surface area contributed by atoms with Gasteiger partial charge in [-0.3, -0.25) is 4.79 Å². The lowest BCUT2D eigenvalue weighted by Crippen LogP contribution is -2.37. The molecular weight excluding hydrogens is 336 g/mol. The van der Waals surface area contributed by atoms with Crippen molar-refractivity contribution >= 4 is 11.7 Å². The summed E-state index contributed by atoms with van der Waals surface area (Å²) < 4.78 is 16.4. The number of hydrogen-bond donors (Lipinski definition) is 1. The standard InChI is InChI=1S/C18H24N4O4/c1-12-10-15(13(2)26-12)18(23)19-4-7-25-17-11-16(20-14(3)21-17)22-5-8-24-9-6-22/h10-11H,4-9H2,1-3H3,(H,19,23). The molecule has 1 aliphatic heterocycles. The maximum absolute atomic E-state index is 12.1. The van der Waals surface area contributed by atoms with Crippen LogP contribution in [0.15, 0.2) is 16.5 Å². The second kappa shape index (κ2) is 8.18. The molecule has 0 aliphatic carbocycles. The SMILES string of the molecule is Cc1nc(OCCNC(=O)c2cc(C)oc2C)cc(N2CCOCC2)n1. The van der Waals surface area contributed by atoms with E-state index < -0.39 is 0 Å². The molecule has 140 valence electrons. The van der Waals surface area contributed by atoms with Gasteiger partial charge in [-0.15, -0.1) is 0 Å². The highest BCUT2D eigenvalue weighted by atomic mass is 16.5. The van der Waals surface area contributed by atoms with Crippen molar-refractivity contribution in [1.29, 1.82) is 0 Å². The Morgan fingerprint density at radius 3 is 2.69 bits per heavy atom. The lowest BCUT2D eigenvalue weighted by Gasteiger charge is -2.28. The number of anilines is 1. The number of carbonyl (C=O) groups is 1. The first kappa shape index (κ1) is 18.2. The Morgan fingerprint density at radius 1 is 1.23 bits per heavy atom. The van der Waals surface area contributed by atoms with Crippen LogP contribution in [-0.2, 0) is 4.74 Å².